The van der Waals surface area contributed by atoms with Gasteiger partial charge >= 0.3 is 0 Å². The number of carbonyl (C=O) groups is 1. The summed E-state index contributed by atoms with van der Waals surface area (Å²) < 4.78 is 41.5. The highest BCUT2D eigenvalue weighted by Crippen LogP contribution is 2.31. The zero-order chi connectivity index (χ0) is 18.9. The lowest BCUT2D eigenvalue weighted by molar-refractivity contribution is -0.120. The zero-order valence-electron chi connectivity index (χ0n) is 14.0. The quantitative estimate of drug-likeness (QED) is 0.749. The second-order valence-electron chi connectivity index (χ2n) is 6.21. The Morgan fingerprint density at radius 3 is 2.54 bits per heavy atom. The number of thiophene rings is 1. The first-order valence-corrected chi connectivity index (χ1v) is 11.1. The lowest BCUT2D eigenvalue weighted by Gasteiger charge is -2.30. The van der Waals surface area contributed by atoms with E-state index < -0.39 is 15.8 Å². The first-order valence-electron chi connectivity index (χ1n) is 8.10. The van der Waals surface area contributed by atoms with Crippen molar-refractivity contribution in [3.8, 4) is 0 Å². The fourth-order valence-corrected chi connectivity index (χ4v) is 6.51. The first kappa shape index (κ1) is 19.5. The Hall–Kier alpha value is -1.29. The van der Waals surface area contributed by atoms with Crippen molar-refractivity contribution in [2.45, 2.75) is 24.0 Å². The number of benzene rings is 1. The van der Waals surface area contributed by atoms with Gasteiger partial charge in [0.05, 0.1) is 9.47 Å². The van der Waals surface area contributed by atoms with Crippen molar-refractivity contribution in [1.82, 2.24) is 4.31 Å². The van der Waals surface area contributed by atoms with Crippen LogP contribution in [0, 0.1) is 18.7 Å². The van der Waals surface area contributed by atoms with Gasteiger partial charge in [-0.2, -0.15) is 4.31 Å². The monoisotopic (exact) mass is 460 g/mol. The number of amides is 1. The van der Waals surface area contributed by atoms with E-state index in [1.54, 1.807) is 25.1 Å². The molecule has 5 nitrogen and oxygen atoms in total. The van der Waals surface area contributed by atoms with E-state index in [2.05, 4.69) is 21.2 Å². The molecule has 2 heterocycles. The predicted molar refractivity (Wildman–Crippen MR) is 103 cm³/mol. The van der Waals surface area contributed by atoms with Crippen molar-refractivity contribution in [2.24, 2.45) is 5.92 Å². The van der Waals surface area contributed by atoms with Gasteiger partial charge in [0.2, 0.25) is 5.91 Å². The Labute approximate surface area is 164 Å². The number of rotatable bonds is 4. The Morgan fingerprint density at radius 2 is 1.96 bits per heavy atom. The van der Waals surface area contributed by atoms with Crippen LogP contribution in [0.15, 0.2) is 38.3 Å². The molecular weight excluding hydrogens is 443 g/mol. The molecule has 0 radical (unpaired) electrons. The molecule has 1 fully saturated rings. The third kappa shape index (κ3) is 4.16. The normalized spacial score (nSPS) is 16.6. The van der Waals surface area contributed by atoms with Crippen LogP contribution in [0.4, 0.5) is 10.1 Å². The standard InChI is InChI=1S/C17H18BrFN2O3S2/c1-11-2-3-14(13(19)10-11)20-17(22)12-6-8-21(9-7-12)26(23,24)16-5-4-15(18)25-16/h2-5,10,12H,6-9H2,1H3,(H,20,22). The van der Waals surface area contributed by atoms with Gasteiger partial charge in [-0.05, 0) is 65.5 Å². The third-order valence-corrected chi connectivity index (χ3v) is 8.34. The van der Waals surface area contributed by atoms with Crippen LogP contribution in [0.3, 0.4) is 0 Å². The van der Waals surface area contributed by atoms with Gasteiger partial charge in [0.1, 0.15) is 10.0 Å². The molecule has 0 spiro atoms. The molecule has 1 aliphatic rings. The second-order valence-corrected chi connectivity index (χ2v) is 10.8. The first-order chi connectivity index (χ1) is 12.3. The number of anilines is 1. The Bertz CT molecular complexity index is 922. The van der Waals surface area contributed by atoms with Gasteiger partial charge in [-0.3, -0.25) is 4.79 Å². The highest BCUT2D eigenvalue weighted by molar-refractivity contribution is 9.11. The Balaban J connectivity index is 1.62. The molecule has 1 amide bonds. The summed E-state index contributed by atoms with van der Waals surface area (Å²) in [6, 6.07) is 7.91. The maximum absolute atomic E-state index is 13.9. The van der Waals surface area contributed by atoms with Crippen LogP contribution in [-0.2, 0) is 14.8 Å². The van der Waals surface area contributed by atoms with Gasteiger partial charge < -0.3 is 5.32 Å². The van der Waals surface area contributed by atoms with E-state index in [0.717, 1.165) is 9.35 Å². The largest absolute Gasteiger partial charge is 0.323 e. The summed E-state index contributed by atoms with van der Waals surface area (Å²) in [4.78, 5) is 12.4. The van der Waals surface area contributed by atoms with Crippen LogP contribution in [-0.4, -0.2) is 31.7 Å². The molecule has 26 heavy (non-hydrogen) atoms. The zero-order valence-corrected chi connectivity index (χ0v) is 17.3. The molecular formula is C17H18BrFN2O3S2. The Morgan fingerprint density at radius 1 is 1.27 bits per heavy atom. The maximum Gasteiger partial charge on any atom is 0.252 e. The number of hydrogen-bond donors (Lipinski definition) is 1. The van der Waals surface area contributed by atoms with E-state index in [1.165, 1.54) is 27.8 Å². The third-order valence-electron chi connectivity index (χ3n) is 4.35. The number of nitrogens with zero attached hydrogens (tertiary/aromatic N) is 1. The lowest BCUT2D eigenvalue weighted by Crippen LogP contribution is -2.41. The average molecular weight is 461 g/mol. The molecule has 0 atom stereocenters. The topological polar surface area (TPSA) is 66.5 Å². The van der Waals surface area contributed by atoms with Crippen LogP contribution in [0.1, 0.15) is 18.4 Å². The number of piperidine rings is 1. The molecule has 9 heteroatoms. The molecule has 1 aliphatic heterocycles. The molecule has 1 aromatic heterocycles. The van der Waals surface area contributed by atoms with Crippen molar-refractivity contribution in [3.05, 3.63) is 45.5 Å². The summed E-state index contributed by atoms with van der Waals surface area (Å²) in [7, 11) is -3.53. The van der Waals surface area contributed by atoms with Gasteiger partial charge in [0.25, 0.3) is 10.0 Å². The van der Waals surface area contributed by atoms with Crippen molar-refractivity contribution in [2.75, 3.05) is 18.4 Å². The van der Waals surface area contributed by atoms with Gasteiger partial charge in [-0.25, -0.2) is 12.8 Å². The summed E-state index contributed by atoms with van der Waals surface area (Å²) in [5.41, 5.74) is 0.929. The molecule has 1 aromatic carbocycles. The molecule has 3 rings (SSSR count). The van der Waals surface area contributed by atoms with Crippen LogP contribution < -0.4 is 5.32 Å². The van der Waals surface area contributed by atoms with E-state index in [9.17, 15) is 17.6 Å². The molecule has 0 aliphatic carbocycles. The minimum atomic E-state index is -3.53. The minimum absolute atomic E-state index is 0.152. The second kappa shape index (κ2) is 7.75. The lowest BCUT2D eigenvalue weighted by atomic mass is 9.97. The fourth-order valence-electron chi connectivity index (χ4n) is 2.88. The van der Waals surface area contributed by atoms with E-state index in [0.29, 0.717) is 12.8 Å². The van der Waals surface area contributed by atoms with Crippen molar-refractivity contribution in [3.63, 3.8) is 0 Å². The average Bonchev–Trinajstić information content (AvgIpc) is 3.05. The number of carbonyl (C=O) groups excluding carboxylic acids is 1. The Kier molecular flexibility index (Phi) is 5.81. The van der Waals surface area contributed by atoms with Crippen LogP contribution in [0.2, 0.25) is 0 Å². The molecule has 0 bridgehead atoms. The summed E-state index contributed by atoms with van der Waals surface area (Å²) in [5.74, 6) is -1.08. The highest BCUT2D eigenvalue weighted by atomic mass is 79.9. The van der Waals surface area contributed by atoms with Crippen LogP contribution >= 0.6 is 27.3 Å². The van der Waals surface area contributed by atoms with Gasteiger partial charge in [-0.1, -0.05) is 6.07 Å². The molecule has 1 saturated heterocycles. The van der Waals surface area contributed by atoms with E-state index in [-0.39, 0.29) is 34.8 Å². The maximum atomic E-state index is 13.9. The van der Waals surface area contributed by atoms with E-state index in [4.69, 9.17) is 0 Å². The number of aryl methyl sites for hydroxylation is 1. The molecule has 0 unspecified atom stereocenters. The van der Waals surface area contributed by atoms with Crippen molar-refractivity contribution >= 4 is 48.9 Å². The molecule has 0 saturated carbocycles. The van der Waals surface area contributed by atoms with Gasteiger partial charge in [0.15, 0.2) is 0 Å². The molecule has 140 valence electrons. The minimum Gasteiger partial charge on any atom is -0.323 e. The van der Waals surface area contributed by atoms with Crippen molar-refractivity contribution in [1.29, 1.82) is 0 Å². The summed E-state index contributed by atoms with van der Waals surface area (Å²) in [6.45, 7) is 2.32. The summed E-state index contributed by atoms with van der Waals surface area (Å²) in [5, 5.41) is 2.61. The van der Waals surface area contributed by atoms with Crippen LogP contribution in [0.5, 0.6) is 0 Å². The summed E-state index contributed by atoms with van der Waals surface area (Å²) >= 11 is 4.44. The van der Waals surface area contributed by atoms with Crippen molar-refractivity contribution < 1.29 is 17.6 Å². The fraction of sp³-hybridized carbons (Fsp3) is 0.353. The van der Waals surface area contributed by atoms with Gasteiger partial charge in [0, 0.05) is 19.0 Å². The van der Waals surface area contributed by atoms with Gasteiger partial charge in [-0.15, -0.1) is 11.3 Å². The predicted octanol–water partition coefficient (Wildman–Crippen LogP) is 4.00. The highest BCUT2D eigenvalue weighted by Gasteiger charge is 2.33. The number of sulfonamides is 1. The number of nitrogens with one attached hydrogen (secondary N) is 1. The SMILES string of the molecule is Cc1ccc(NC(=O)C2CCN(S(=O)(=O)c3ccc(Br)s3)CC2)c(F)c1. The number of hydrogen-bond acceptors (Lipinski definition) is 4. The molecule has 1 N–H and O–H groups in total. The van der Waals surface area contributed by atoms with E-state index in [1.807, 2.05) is 0 Å². The number of halogens is 2. The van der Waals surface area contributed by atoms with E-state index >= 15 is 0 Å². The summed E-state index contributed by atoms with van der Waals surface area (Å²) in [6.07, 6.45) is 0.816. The van der Waals surface area contributed by atoms with Crippen LogP contribution in [0.25, 0.3) is 0 Å². The molecule has 2 aromatic rings. The smallest absolute Gasteiger partial charge is 0.252 e.